The molecule has 8 nitrogen and oxygen atoms in total. The van der Waals surface area contributed by atoms with Crippen LogP contribution in [0.2, 0.25) is 0 Å². The van der Waals surface area contributed by atoms with Crippen molar-refractivity contribution in [2.75, 3.05) is 5.32 Å². The van der Waals surface area contributed by atoms with Gasteiger partial charge in [0.25, 0.3) is 5.91 Å². The van der Waals surface area contributed by atoms with E-state index in [-0.39, 0.29) is 21.8 Å². The number of carbonyl (C=O) groups excluding carboxylic acids is 3. The predicted molar refractivity (Wildman–Crippen MR) is 123 cm³/mol. The van der Waals surface area contributed by atoms with Crippen molar-refractivity contribution in [3.63, 3.8) is 0 Å². The van der Waals surface area contributed by atoms with Crippen LogP contribution in [0.5, 0.6) is 0 Å². The number of amides is 3. The van der Waals surface area contributed by atoms with Crippen LogP contribution in [0.25, 0.3) is 5.00 Å². The van der Waals surface area contributed by atoms with Crippen LogP contribution in [0.4, 0.5) is 9.80 Å². The van der Waals surface area contributed by atoms with Crippen LogP contribution in [0.15, 0.2) is 24.5 Å². The van der Waals surface area contributed by atoms with E-state index in [0.29, 0.717) is 15.6 Å². The molecule has 0 saturated carbocycles. The van der Waals surface area contributed by atoms with Gasteiger partial charge in [0, 0.05) is 17.3 Å². The molecule has 0 bridgehead atoms. The second-order valence-corrected chi connectivity index (χ2v) is 9.62. The molecule has 1 aliphatic rings. The molecule has 166 valence electrons. The number of hydrogen-bond donors (Lipinski definition) is 3. The summed E-state index contributed by atoms with van der Waals surface area (Å²) >= 11 is 2.33. The van der Waals surface area contributed by atoms with Gasteiger partial charge in [-0.2, -0.15) is 0 Å². The van der Waals surface area contributed by atoms with Crippen molar-refractivity contribution in [1.29, 1.82) is 0 Å². The molecule has 0 unspecified atom stereocenters. The number of carboxylic acids is 1. The van der Waals surface area contributed by atoms with E-state index < -0.39 is 17.9 Å². The number of urea groups is 1. The Morgan fingerprint density at radius 2 is 1.72 bits per heavy atom. The molecule has 3 aromatic rings. The van der Waals surface area contributed by atoms with Crippen molar-refractivity contribution in [3.8, 4) is 5.00 Å². The number of aryl methyl sites for hydroxylation is 1. The van der Waals surface area contributed by atoms with Gasteiger partial charge in [0.2, 0.25) is 0 Å². The SMILES string of the molecule is CC(=O)c1c(NC(=O)NC(=O)c2c(-n3cccc3)sc(C(=O)O)c2C)sc2c1CCCC2. The van der Waals surface area contributed by atoms with E-state index in [1.54, 1.807) is 36.0 Å². The number of Topliss-reactive ketones (excluding diaryl/α,β-unsaturated/α-hetero) is 1. The molecule has 0 aliphatic heterocycles. The first kappa shape index (κ1) is 22.0. The minimum Gasteiger partial charge on any atom is -0.477 e. The number of nitrogens with zero attached hydrogens (tertiary/aromatic N) is 1. The zero-order chi connectivity index (χ0) is 23.0. The van der Waals surface area contributed by atoms with Crippen molar-refractivity contribution < 1.29 is 24.3 Å². The van der Waals surface area contributed by atoms with E-state index in [2.05, 4.69) is 10.6 Å². The maximum Gasteiger partial charge on any atom is 0.346 e. The van der Waals surface area contributed by atoms with Crippen LogP contribution in [-0.2, 0) is 12.8 Å². The standard InChI is InChI=1S/C22H21N3O5S2/c1-11-15(20(25-9-5-6-10-25)32-17(11)21(28)29)18(27)23-22(30)24-19-16(12(2)26)13-7-3-4-8-14(13)31-19/h5-6,9-10H,3-4,7-8H2,1-2H3,(H,28,29)(H2,23,24,27,30). The van der Waals surface area contributed by atoms with E-state index >= 15 is 0 Å². The number of imide groups is 1. The van der Waals surface area contributed by atoms with Gasteiger partial charge >= 0.3 is 12.0 Å². The van der Waals surface area contributed by atoms with Gasteiger partial charge in [-0.25, -0.2) is 9.59 Å². The number of rotatable bonds is 5. The molecule has 0 aromatic carbocycles. The summed E-state index contributed by atoms with van der Waals surface area (Å²) in [5.41, 5.74) is 1.91. The first-order valence-corrected chi connectivity index (χ1v) is 11.7. The highest BCUT2D eigenvalue weighted by atomic mass is 32.1. The number of nitrogens with one attached hydrogen (secondary N) is 2. The number of fused-ring (bicyclic) bond motifs is 1. The third kappa shape index (κ3) is 3.98. The quantitative estimate of drug-likeness (QED) is 0.468. The molecule has 10 heteroatoms. The Kier molecular flexibility index (Phi) is 5.98. The molecule has 1 aliphatic carbocycles. The van der Waals surface area contributed by atoms with Crippen LogP contribution >= 0.6 is 22.7 Å². The van der Waals surface area contributed by atoms with Gasteiger partial charge in [0.1, 0.15) is 14.9 Å². The number of thiophene rings is 2. The maximum absolute atomic E-state index is 13.0. The molecular formula is C22H21N3O5S2. The van der Waals surface area contributed by atoms with Gasteiger partial charge < -0.3 is 9.67 Å². The first-order valence-electron chi connectivity index (χ1n) is 10.1. The summed E-state index contributed by atoms with van der Waals surface area (Å²) in [6.07, 6.45) is 7.11. The third-order valence-corrected chi connectivity index (χ3v) is 7.87. The molecule has 3 aromatic heterocycles. The normalized spacial score (nSPS) is 12.8. The summed E-state index contributed by atoms with van der Waals surface area (Å²) in [5, 5.41) is 15.3. The van der Waals surface area contributed by atoms with E-state index in [0.717, 1.165) is 47.5 Å². The van der Waals surface area contributed by atoms with Crippen LogP contribution < -0.4 is 10.6 Å². The Hall–Kier alpha value is -3.24. The summed E-state index contributed by atoms with van der Waals surface area (Å²) in [6, 6.07) is 2.74. The van der Waals surface area contributed by atoms with E-state index in [9.17, 15) is 24.3 Å². The van der Waals surface area contributed by atoms with Crippen LogP contribution in [-0.4, -0.2) is 33.4 Å². The molecule has 3 N–H and O–H groups in total. The molecule has 0 atom stereocenters. The fourth-order valence-corrected chi connectivity index (χ4v) is 6.39. The predicted octanol–water partition coefficient (Wildman–Crippen LogP) is 4.65. The molecule has 0 spiro atoms. The summed E-state index contributed by atoms with van der Waals surface area (Å²) in [6.45, 7) is 3.01. The van der Waals surface area contributed by atoms with Gasteiger partial charge in [-0.05, 0) is 62.8 Å². The highest BCUT2D eigenvalue weighted by molar-refractivity contribution is 7.17. The van der Waals surface area contributed by atoms with E-state index in [4.69, 9.17) is 0 Å². The highest BCUT2D eigenvalue weighted by Gasteiger charge is 2.28. The van der Waals surface area contributed by atoms with Gasteiger partial charge in [-0.3, -0.25) is 20.2 Å². The van der Waals surface area contributed by atoms with E-state index in [1.165, 1.54) is 18.3 Å². The van der Waals surface area contributed by atoms with Crippen molar-refractivity contribution in [1.82, 2.24) is 9.88 Å². The Morgan fingerprint density at radius 3 is 2.38 bits per heavy atom. The Labute approximate surface area is 191 Å². The second-order valence-electron chi connectivity index (χ2n) is 7.51. The number of aromatic carboxylic acids is 1. The summed E-state index contributed by atoms with van der Waals surface area (Å²) in [4.78, 5) is 50.6. The summed E-state index contributed by atoms with van der Waals surface area (Å²) in [5.74, 6) is -1.97. The molecular weight excluding hydrogens is 450 g/mol. The van der Waals surface area contributed by atoms with Crippen LogP contribution in [0, 0.1) is 6.92 Å². The Bertz CT molecular complexity index is 1240. The van der Waals surface area contributed by atoms with Crippen molar-refractivity contribution >= 4 is 51.4 Å². The third-order valence-electron chi connectivity index (χ3n) is 5.37. The number of carboxylic acid groups (broad SMARTS) is 1. The second kappa shape index (κ2) is 8.71. The fourth-order valence-electron chi connectivity index (χ4n) is 3.95. The molecule has 0 fully saturated rings. The molecule has 32 heavy (non-hydrogen) atoms. The molecule has 4 rings (SSSR count). The highest BCUT2D eigenvalue weighted by Crippen LogP contribution is 2.38. The zero-order valence-electron chi connectivity index (χ0n) is 17.5. The number of aromatic nitrogens is 1. The maximum atomic E-state index is 13.0. The fraction of sp³-hybridized carbons (Fsp3) is 0.273. The van der Waals surface area contributed by atoms with Crippen LogP contribution in [0.1, 0.15) is 66.2 Å². The van der Waals surface area contributed by atoms with Crippen molar-refractivity contribution in [3.05, 3.63) is 56.5 Å². The number of anilines is 1. The average molecular weight is 472 g/mol. The van der Waals surface area contributed by atoms with Gasteiger partial charge in [0.05, 0.1) is 11.1 Å². The molecule has 3 amide bonds. The lowest BCUT2D eigenvalue weighted by molar-refractivity contribution is 0.0701. The minimum atomic E-state index is -1.14. The lowest BCUT2D eigenvalue weighted by Crippen LogP contribution is -2.35. The van der Waals surface area contributed by atoms with Crippen molar-refractivity contribution in [2.24, 2.45) is 0 Å². The number of carbonyl (C=O) groups is 4. The summed E-state index contributed by atoms with van der Waals surface area (Å²) in [7, 11) is 0. The Morgan fingerprint density at radius 1 is 1.03 bits per heavy atom. The lowest BCUT2D eigenvalue weighted by atomic mass is 9.94. The minimum absolute atomic E-state index is 0.0315. The van der Waals surface area contributed by atoms with E-state index in [1.807, 2.05) is 0 Å². The summed E-state index contributed by atoms with van der Waals surface area (Å²) < 4.78 is 1.64. The monoisotopic (exact) mass is 471 g/mol. The largest absolute Gasteiger partial charge is 0.477 e. The lowest BCUT2D eigenvalue weighted by Gasteiger charge is -2.11. The zero-order valence-corrected chi connectivity index (χ0v) is 19.1. The number of hydrogen-bond acceptors (Lipinski definition) is 6. The van der Waals surface area contributed by atoms with Gasteiger partial charge in [-0.15, -0.1) is 22.7 Å². The number of ketones is 1. The Balaban J connectivity index is 1.61. The molecule has 3 heterocycles. The van der Waals surface area contributed by atoms with Gasteiger partial charge in [0.15, 0.2) is 5.78 Å². The van der Waals surface area contributed by atoms with Crippen LogP contribution in [0.3, 0.4) is 0 Å². The van der Waals surface area contributed by atoms with Crippen molar-refractivity contribution in [2.45, 2.75) is 39.5 Å². The molecule has 0 radical (unpaired) electrons. The smallest absolute Gasteiger partial charge is 0.346 e. The van der Waals surface area contributed by atoms with Gasteiger partial charge in [-0.1, -0.05) is 0 Å². The topological polar surface area (TPSA) is 118 Å². The first-order chi connectivity index (χ1) is 15.3. The average Bonchev–Trinajstić information content (AvgIpc) is 3.43. The molecule has 0 saturated heterocycles.